The van der Waals surface area contributed by atoms with Crippen molar-refractivity contribution in [2.24, 2.45) is 0 Å². The molecule has 0 aromatic heterocycles. The number of rotatable bonds is 4. The second-order valence-corrected chi connectivity index (χ2v) is 6.64. The molecule has 1 aliphatic rings. The summed E-state index contributed by atoms with van der Waals surface area (Å²) in [6.45, 7) is 0. The van der Waals surface area contributed by atoms with Gasteiger partial charge in [-0.15, -0.1) is 0 Å². The molecule has 0 spiro atoms. The highest BCUT2D eigenvalue weighted by atomic mass is 16.5. The molecule has 4 rings (SSSR count). The first kappa shape index (κ1) is 19.2. The molecule has 0 unspecified atom stereocenters. The van der Waals surface area contributed by atoms with E-state index in [2.05, 4.69) is 0 Å². The first-order valence-corrected chi connectivity index (χ1v) is 9.11. The molecule has 2 N–H and O–H groups in total. The van der Waals surface area contributed by atoms with Gasteiger partial charge in [0, 0.05) is 5.56 Å². The molecule has 1 heterocycles. The van der Waals surface area contributed by atoms with Gasteiger partial charge in [-0.2, -0.15) is 0 Å². The third-order valence-electron chi connectivity index (χ3n) is 5.02. The molecule has 1 aliphatic heterocycles. The van der Waals surface area contributed by atoms with Gasteiger partial charge in [-0.3, -0.25) is 9.59 Å². The minimum atomic E-state index is -0.725. The summed E-state index contributed by atoms with van der Waals surface area (Å²) in [6, 6.07) is 17.0. The summed E-state index contributed by atoms with van der Waals surface area (Å²) in [5, 5.41) is 0. The normalized spacial score (nSPS) is 12.7. The maximum Gasteiger partial charge on any atom is 0.338 e. The number of carbonyl (C=O) groups is 3. The Balaban J connectivity index is 1.95. The molecular weight excluding hydrogens is 384 g/mol. The minimum absolute atomic E-state index is 0.00225. The van der Waals surface area contributed by atoms with Crippen LogP contribution >= 0.6 is 0 Å². The molecule has 0 atom stereocenters. The second kappa shape index (κ2) is 7.36. The van der Waals surface area contributed by atoms with E-state index >= 15 is 0 Å². The Kier molecular flexibility index (Phi) is 4.71. The highest BCUT2D eigenvalue weighted by Crippen LogP contribution is 2.40. The number of carbonyl (C=O) groups excluding carboxylic acids is 3. The molecule has 7 heteroatoms. The van der Waals surface area contributed by atoms with Gasteiger partial charge in [0.2, 0.25) is 0 Å². The van der Waals surface area contributed by atoms with Crippen LogP contribution in [0.5, 0.6) is 5.75 Å². The van der Waals surface area contributed by atoms with Crippen LogP contribution < -0.4 is 15.4 Å². The lowest BCUT2D eigenvalue weighted by molar-refractivity contribution is 0.0597. The molecule has 0 aliphatic carbocycles. The van der Waals surface area contributed by atoms with E-state index in [1.165, 1.54) is 13.2 Å². The number of hydrogen-bond acceptors (Lipinski definition) is 6. The van der Waals surface area contributed by atoms with Crippen molar-refractivity contribution in [3.8, 4) is 16.9 Å². The molecule has 2 amide bonds. The number of methoxy groups -OCH3 is 2. The Morgan fingerprint density at radius 1 is 0.900 bits per heavy atom. The summed E-state index contributed by atoms with van der Waals surface area (Å²) in [5.41, 5.74) is 7.93. The molecule has 0 saturated heterocycles. The van der Waals surface area contributed by atoms with Crippen LogP contribution in [-0.4, -0.2) is 32.0 Å². The number of amides is 2. The summed E-state index contributed by atoms with van der Waals surface area (Å²) in [6.07, 6.45) is 0. The number of ether oxygens (including phenoxy) is 2. The van der Waals surface area contributed by atoms with Crippen LogP contribution in [0.2, 0.25) is 0 Å². The number of nitrogens with two attached hydrogens (primary N) is 1. The second-order valence-electron chi connectivity index (χ2n) is 6.64. The number of nitrogen functional groups attached to an aromatic ring is 1. The van der Waals surface area contributed by atoms with Crippen molar-refractivity contribution >= 4 is 29.2 Å². The molecule has 150 valence electrons. The lowest BCUT2D eigenvalue weighted by Crippen LogP contribution is -2.29. The van der Waals surface area contributed by atoms with Crippen LogP contribution in [0.1, 0.15) is 31.1 Å². The Bertz CT molecular complexity index is 1170. The Hall–Kier alpha value is -4.13. The van der Waals surface area contributed by atoms with Crippen LogP contribution in [-0.2, 0) is 4.74 Å². The van der Waals surface area contributed by atoms with Gasteiger partial charge < -0.3 is 15.2 Å². The molecule has 30 heavy (non-hydrogen) atoms. The zero-order valence-corrected chi connectivity index (χ0v) is 16.3. The number of hydrogen-bond donors (Lipinski definition) is 1. The zero-order chi connectivity index (χ0) is 21.4. The maximum absolute atomic E-state index is 13.2. The van der Waals surface area contributed by atoms with Crippen molar-refractivity contribution in [2.45, 2.75) is 0 Å². The zero-order valence-electron chi connectivity index (χ0n) is 16.3. The van der Waals surface area contributed by atoms with Gasteiger partial charge in [-0.25, -0.2) is 9.69 Å². The van der Waals surface area contributed by atoms with Gasteiger partial charge in [0.15, 0.2) is 0 Å². The summed E-state index contributed by atoms with van der Waals surface area (Å²) < 4.78 is 10.0. The van der Waals surface area contributed by atoms with Gasteiger partial charge in [-0.1, -0.05) is 30.3 Å². The standard InChI is InChI=1S/C23H18N2O5/c1-29-15-10-8-13(9-11-15)16-12-17(23(28)30-2)18-19(20(16)24)22(27)25(21(18)26)14-6-4-3-5-7-14/h3-12H,24H2,1-2H3. The number of esters is 1. The highest BCUT2D eigenvalue weighted by Gasteiger charge is 2.42. The monoisotopic (exact) mass is 402 g/mol. The van der Waals surface area contributed by atoms with E-state index < -0.39 is 17.8 Å². The van der Waals surface area contributed by atoms with Crippen LogP contribution in [0.25, 0.3) is 11.1 Å². The average molecular weight is 402 g/mol. The molecule has 0 radical (unpaired) electrons. The molecule has 7 nitrogen and oxygen atoms in total. The number of para-hydroxylation sites is 1. The predicted octanol–water partition coefficient (Wildman–Crippen LogP) is 3.53. The summed E-state index contributed by atoms with van der Waals surface area (Å²) in [4.78, 5) is 39.9. The Morgan fingerprint density at radius 3 is 2.13 bits per heavy atom. The topological polar surface area (TPSA) is 98.9 Å². The highest BCUT2D eigenvalue weighted by molar-refractivity contribution is 6.38. The van der Waals surface area contributed by atoms with Crippen molar-refractivity contribution in [3.63, 3.8) is 0 Å². The average Bonchev–Trinajstić information content (AvgIpc) is 3.05. The van der Waals surface area contributed by atoms with Gasteiger partial charge in [0.1, 0.15) is 5.75 Å². The van der Waals surface area contributed by atoms with Gasteiger partial charge in [0.05, 0.1) is 42.3 Å². The van der Waals surface area contributed by atoms with E-state index in [-0.39, 0.29) is 22.4 Å². The van der Waals surface area contributed by atoms with Crippen molar-refractivity contribution in [3.05, 3.63) is 77.4 Å². The van der Waals surface area contributed by atoms with E-state index in [9.17, 15) is 14.4 Å². The molecular formula is C23H18N2O5. The quantitative estimate of drug-likeness (QED) is 0.407. The lowest BCUT2D eigenvalue weighted by atomic mass is 9.93. The molecule has 3 aromatic rings. The minimum Gasteiger partial charge on any atom is -0.497 e. The Morgan fingerprint density at radius 2 is 1.53 bits per heavy atom. The van der Waals surface area contributed by atoms with Gasteiger partial charge in [0.25, 0.3) is 11.8 Å². The molecule has 0 fully saturated rings. The van der Waals surface area contributed by atoms with Crippen molar-refractivity contribution in [1.29, 1.82) is 0 Å². The third kappa shape index (κ3) is 2.88. The van der Waals surface area contributed by atoms with Crippen molar-refractivity contribution < 1.29 is 23.9 Å². The number of imide groups is 1. The number of fused-ring (bicyclic) bond motifs is 1. The Labute approximate surface area is 172 Å². The van der Waals surface area contributed by atoms with Gasteiger partial charge >= 0.3 is 5.97 Å². The van der Waals surface area contributed by atoms with E-state index in [0.717, 1.165) is 4.90 Å². The fraction of sp³-hybridized carbons (Fsp3) is 0.0870. The van der Waals surface area contributed by atoms with E-state index in [1.54, 1.807) is 61.7 Å². The summed E-state index contributed by atoms with van der Waals surface area (Å²) in [7, 11) is 2.77. The summed E-state index contributed by atoms with van der Waals surface area (Å²) in [5.74, 6) is -1.28. The fourth-order valence-electron chi connectivity index (χ4n) is 3.55. The molecule has 0 saturated carbocycles. The first-order chi connectivity index (χ1) is 14.5. The van der Waals surface area contributed by atoms with E-state index in [4.69, 9.17) is 15.2 Å². The summed E-state index contributed by atoms with van der Waals surface area (Å²) >= 11 is 0. The maximum atomic E-state index is 13.2. The SMILES string of the molecule is COC(=O)c1cc(-c2ccc(OC)cc2)c(N)c2c1C(=O)N(c1ccccc1)C2=O. The van der Waals surface area contributed by atoms with E-state index in [0.29, 0.717) is 22.6 Å². The lowest BCUT2D eigenvalue weighted by Gasteiger charge is -2.13. The van der Waals surface area contributed by atoms with Crippen LogP contribution in [0, 0.1) is 0 Å². The predicted molar refractivity (Wildman–Crippen MR) is 112 cm³/mol. The van der Waals surface area contributed by atoms with Crippen LogP contribution in [0.3, 0.4) is 0 Å². The van der Waals surface area contributed by atoms with Crippen molar-refractivity contribution in [1.82, 2.24) is 0 Å². The van der Waals surface area contributed by atoms with Crippen molar-refractivity contribution in [2.75, 3.05) is 24.9 Å². The van der Waals surface area contributed by atoms with Crippen LogP contribution in [0.15, 0.2) is 60.7 Å². The van der Waals surface area contributed by atoms with E-state index in [1.807, 2.05) is 0 Å². The largest absolute Gasteiger partial charge is 0.497 e. The number of benzene rings is 3. The van der Waals surface area contributed by atoms with Crippen LogP contribution in [0.4, 0.5) is 11.4 Å². The number of anilines is 2. The third-order valence-corrected chi connectivity index (χ3v) is 5.02. The molecule has 0 bridgehead atoms. The smallest absolute Gasteiger partial charge is 0.338 e. The molecule has 3 aromatic carbocycles. The van der Waals surface area contributed by atoms with Gasteiger partial charge in [-0.05, 0) is 35.9 Å². The first-order valence-electron chi connectivity index (χ1n) is 9.11. The number of nitrogens with zero attached hydrogens (tertiary/aromatic N) is 1. The fourth-order valence-corrected chi connectivity index (χ4v) is 3.55.